The number of sulfonamides is 1. The van der Waals surface area contributed by atoms with Crippen LogP contribution in [0.3, 0.4) is 0 Å². The lowest BCUT2D eigenvalue weighted by molar-refractivity contribution is -0.119. The topological polar surface area (TPSA) is 98.5 Å². The highest BCUT2D eigenvalue weighted by Crippen LogP contribution is 2.27. The summed E-state index contributed by atoms with van der Waals surface area (Å²) in [6.45, 7) is -0.237. The van der Waals surface area contributed by atoms with E-state index in [-0.39, 0.29) is 10.8 Å². The number of thiophene rings is 1. The number of hydrogen-bond acceptors (Lipinski definition) is 5. The van der Waals surface area contributed by atoms with Crippen molar-refractivity contribution in [2.75, 3.05) is 11.3 Å². The monoisotopic (exact) mass is 346 g/mol. The zero-order chi connectivity index (χ0) is 15.5. The minimum Gasteiger partial charge on any atom is -0.484 e. The molecule has 0 aliphatic heterocycles. The molecule has 9 heteroatoms. The molecule has 0 atom stereocenters. The summed E-state index contributed by atoms with van der Waals surface area (Å²) in [4.78, 5) is 10.6. The summed E-state index contributed by atoms with van der Waals surface area (Å²) < 4.78 is 32.1. The molecule has 0 bridgehead atoms. The van der Waals surface area contributed by atoms with E-state index in [1.807, 2.05) is 0 Å². The minimum absolute atomic E-state index is 0.126. The van der Waals surface area contributed by atoms with Gasteiger partial charge in [-0.25, -0.2) is 8.42 Å². The largest absolute Gasteiger partial charge is 0.484 e. The number of nitrogens with two attached hydrogens (primary N) is 1. The van der Waals surface area contributed by atoms with Crippen LogP contribution in [0, 0.1) is 0 Å². The molecule has 112 valence electrons. The fraction of sp³-hybridized carbons (Fsp3) is 0.0833. The van der Waals surface area contributed by atoms with Crippen molar-refractivity contribution in [3.63, 3.8) is 0 Å². The summed E-state index contributed by atoms with van der Waals surface area (Å²) >= 11 is 6.69. The maximum atomic E-state index is 12.1. The molecule has 1 amide bonds. The summed E-state index contributed by atoms with van der Waals surface area (Å²) in [6.07, 6.45) is 0. The van der Waals surface area contributed by atoms with Gasteiger partial charge in [0.1, 0.15) is 9.96 Å². The van der Waals surface area contributed by atoms with E-state index < -0.39 is 15.9 Å². The van der Waals surface area contributed by atoms with Gasteiger partial charge in [0.15, 0.2) is 6.61 Å². The van der Waals surface area contributed by atoms with Crippen LogP contribution in [0.1, 0.15) is 0 Å². The van der Waals surface area contributed by atoms with Gasteiger partial charge < -0.3 is 10.5 Å². The molecule has 1 aromatic carbocycles. The Labute approximate surface area is 130 Å². The molecule has 1 heterocycles. The zero-order valence-corrected chi connectivity index (χ0v) is 13.0. The van der Waals surface area contributed by atoms with E-state index in [2.05, 4.69) is 4.72 Å². The van der Waals surface area contributed by atoms with Gasteiger partial charge in [-0.15, -0.1) is 11.3 Å². The average molecular weight is 347 g/mol. The second kappa shape index (κ2) is 6.33. The molecule has 2 rings (SSSR count). The maximum Gasteiger partial charge on any atom is 0.271 e. The second-order valence-electron chi connectivity index (χ2n) is 3.94. The third kappa shape index (κ3) is 4.35. The van der Waals surface area contributed by atoms with Gasteiger partial charge in [0, 0.05) is 5.69 Å². The maximum absolute atomic E-state index is 12.1. The Kier molecular flexibility index (Phi) is 4.71. The van der Waals surface area contributed by atoms with Gasteiger partial charge in [-0.1, -0.05) is 11.6 Å². The normalized spacial score (nSPS) is 11.1. The quantitative estimate of drug-likeness (QED) is 0.836. The van der Waals surface area contributed by atoms with Crippen LogP contribution in [0.15, 0.2) is 40.6 Å². The minimum atomic E-state index is -3.66. The van der Waals surface area contributed by atoms with Gasteiger partial charge >= 0.3 is 0 Å². The van der Waals surface area contributed by atoms with Crippen molar-refractivity contribution in [3.8, 4) is 5.75 Å². The first-order valence-electron chi connectivity index (χ1n) is 5.66. The van der Waals surface area contributed by atoms with E-state index in [1.54, 1.807) is 0 Å². The molecule has 1 aromatic heterocycles. The Bertz CT molecular complexity index is 741. The predicted octanol–water partition coefficient (Wildman–Crippen LogP) is 2.07. The van der Waals surface area contributed by atoms with Crippen LogP contribution in [0.2, 0.25) is 4.34 Å². The zero-order valence-electron chi connectivity index (χ0n) is 10.6. The van der Waals surface area contributed by atoms with Gasteiger partial charge in [-0.2, -0.15) is 0 Å². The van der Waals surface area contributed by atoms with E-state index in [4.69, 9.17) is 22.1 Å². The van der Waals surface area contributed by atoms with Crippen molar-refractivity contribution in [3.05, 3.63) is 40.7 Å². The van der Waals surface area contributed by atoms with Crippen molar-refractivity contribution < 1.29 is 17.9 Å². The molecule has 0 saturated heterocycles. The molecule has 0 unspecified atom stereocenters. The Hall–Kier alpha value is -1.77. The number of carbonyl (C=O) groups excluding carboxylic acids is 1. The van der Waals surface area contributed by atoms with Crippen LogP contribution in [-0.2, 0) is 14.8 Å². The van der Waals surface area contributed by atoms with Gasteiger partial charge in [-0.3, -0.25) is 9.52 Å². The standard InChI is InChI=1S/C12H11ClN2O4S2/c13-10-5-6-12(20-10)21(17,18)15-8-1-3-9(4-2-8)19-7-11(14)16/h1-6,15H,7H2,(H2,14,16). The van der Waals surface area contributed by atoms with Crippen LogP contribution in [0.4, 0.5) is 5.69 Å². The third-order valence-corrected chi connectivity index (χ3v) is 5.41. The van der Waals surface area contributed by atoms with Crippen molar-refractivity contribution >= 4 is 44.6 Å². The highest BCUT2D eigenvalue weighted by Gasteiger charge is 2.16. The number of anilines is 1. The first-order chi connectivity index (χ1) is 9.87. The predicted molar refractivity (Wildman–Crippen MR) is 81.3 cm³/mol. The van der Waals surface area contributed by atoms with Crippen LogP contribution in [-0.4, -0.2) is 20.9 Å². The lowest BCUT2D eigenvalue weighted by Gasteiger charge is -2.08. The van der Waals surface area contributed by atoms with Crippen LogP contribution in [0.25, 0.3) is 0 Å². The highest BCUT2D eigenvalue weighted by molar-refractivity contribution is 7.94. The van der Waals surface area contributed by atoms with Crippen LogP contribution in [0.5, 0.6) is 5.75 Å². The van der Waals surface area contributed by atoms with E-state index in [0.717, 1.165) is 11.3 Å². The number of rotatable bonds is 6. The van der Waals surface area contributed by atoms with Gasteiger partial charge in [0.25, 0.3) is 15.9 Å². The lowest BCUT2D eigenvalue weighted by atomic mass is 10.3. The Balaban J connectivity index is 2.08. The molecule has 0 spiro atoms. The molecule has 0 aliphatic rings. The number of carbonyl (C=O) groups is 1. The first-order valence-corrected chi connectivity index (χ1v) is 8.34. The number of amides is 1. The summed E-state index contributed by atoms with van der Waals surface area (Å²) in [5.74, 6) is -0.176. The Morgan fingerprint density at radius 1 is 1.24 bits per heavy atom. The molecule has 0 saturated carbocycles. The van der Waals surface area contributed by atoms with Crippen molar-refractivity contribution in [1.82, 2.24) is 0 Å². The number of hydrogen-bond donors (Lipinski definition) is 2. The van der Waals surface area contributed by atoms with Crippen molar-refractivity contribution in [2.24, 2.45) is 5.73 Å². The molecule has 2 aromatic rings. The van der Waals surface area contributed by atoms with Crippen molar-refractivity contribution in [2.45, 2.75) is 4.21 Å². The molecule has 0 fully saturated rings. The smallest absolute Gasteiger partial charge is 0.271 e. The highest BCUT2D eigenvalue weighted by atomic mass is 35.5. The lowest BCUT2D eigenvalue weighted by Crippen LogP contribution is -2.20. The first kappa shape index (κ1) is 15.6. The molecule has 0 aliphatic carbocycles. The number of halogens is 1. The summed E-state index contributed by atoms with van der Waals surface area (Å²) in [5, 5.41) is 0. The molecular formula is C12H11ClN2O4S2. The third-order valence-electron chi connectivity index (χ3n) is 2.30. The van der Waals surface area contributed by atoms with Crippen LogP contribution >= 0.6 is 22.9 Å². The summed E-state index contributed by atoms with van der Waals surface area (Å²) in [7, 11) is -3.66. The fourth-order valence-corrected chi connectivity index (χ4v) is 3.96. The Morgan fingerprint density at radius 2 is 1.90 bits per heavy atom. The second-order valence-corrected chi connectivity index (χ2v) is 7.57. The molecule has 6 nitrogen and oxygen atoms in total. The summed E-state index contributed by atoms with van der Waals surface area (Å²) in [6, 6.07) is 9.04. The number of primary amides is 1. The molecule has 3 N–H and O–H groups in total. The van der Waals surface area contributed by atoms with E-state index in [0.29, 0.717) is 15.8 Å². The van der Waals surface area contributed by atoms with Gasteiger partial charge in [0.2, 0.25) is 0 Å². The number of nitrogens with one attached hydrogen (secondary N) is 1. The molecule has 21 heavy (non-hydrogen) atoms. The average Bonchev–Trinajstić information content (AvgIpc) is 2.85. The Morgan fingerprint density at radius 3 is 2.43 bits per heavy atom. The molecular weight excluding hydrogens is 336 g/mol. The van der Waals surface area contributed by atoms with E-state index >= 15 is 0 Å². The number of ether oxygens (including phenoxy) is 1. The number of benzene rings is 1. The van der Waals surface area contributed by atoms with E-state index in [1.165, 1.54) is 36.4 Å². The molecule has 0 radical (unpaired) electrons. The van der Waals surface area contributed by atoms with Gasteiger partial charge in [-0.05, 0) is 36.4 Å². The van der Waals surface area contributed by atoms with Crippen LogP contribution < -0.4 is 15.2 Å². The van der Waals surface area contributed by atoms with Crippen molar-refractivity contribution in [1.29, 1.82) is 0 Å². The van der Waals surface area contributed by atoms with Gasteiger partial charge in [0.05, 0.1) is 4.34 Å². The fourth-order valence-electron chi connectivity index (χ4n) is 1.42. The summed E-state index contributed by atoms with van der Waals surface area (Å²) in [5.41, 5.74) is 5.32. The SMILES string of the molecule is NC(=O)COc1ccc(NS(=O)(=O)c2ccc(Cl)s2)cc1. The van der Waals surface area contributed by atoms with E-state index in [9.17, 15) is 13.2 Å².